The predicted molar refractivity (Wildman–Crippen MR) is 152 cm³/mol. The summed E-state index contributed by atoms with van der Waals surface area (Å²) in [6, 6.07) is 13.6. The molecule has 1 amide bonds. The van der Waals surface area contributed by atoms with E-state index in [9.17, 15) is 27.6 Å². The summed E-state index contributed by atoms with van der Waals surface area (Å²) in [5.74, 6) is -4.10. The number of carbonyl (C=O) groups excluding carboxylic acids is 3. The van der Waals surface area contributed by atoms with E-state index in [1.807, 2.05) is 47.9 Å². The number of aryl methyl sites for hydroxylation is 1. The maximum atomic E-state index is 12.2. The van der Waals surface area contributed by atoms with Crippen molar-refractivity contribution in [2.24, 2.45) is 5.73 Å². The first-order chi connectivity index (χ1) is 20.3. The smallest absolute Gasteiger partial charge is 0.484 e. The molecule has 0 radical (unpaired) electrons. The van der Waals surface area contributed by atoms with Crippen LogP contribution in [0, 0.1) is 0 Å². The lowest BCUT2D eigenvalue weighted by atomic mass is 10.1. The second kappa shape index (κ2) is 13.4. The monoisotopic (exact) mass is 638 g/mol. The van der Waals surface area contributed by atoms with Gasteiger partial charge in [-0.2, -0.15) is 13.2 Å². The molecule has 228 valence electrons. The molecule has 0 aliphatic rings. The fourth-order valence-electron chi connectivity index (χ4n) is 4.08. The lowest BCUT2D eigenvalue weighted by Gasteiger charge is -2.16. The summed E-state index contributed by atoms with van der Waals surface area (Å²) in [6.45, 7) is 3.50. The number of alkyl halides is 3. The van der Waals surface area contributed by atoms with Crippen molar-refractivity contribution in [3.63, 3.8) is 0 Å². The Bertz CT molecular complexity index is 1640. The first-order valence-electron chi connectivity index (χ1n) is 12.9. The number of hydrogen-bond acceptors (Lipinski definition) is 9. The zero-order chi connectivity index (χ0) is 31.3. The van der Waals surface area contributed by atoms with Crippen molar-refractivity contribution in [2.45, 2.75) is 45.0 Å². The molecule has 10 nitrogen and oxygen atoms in total. The van der Waals surface area contributed by atoms with Gasteiger partial charge in [0.2, 0.25) is 0 Å². The Morgan fingerprint density at radius 3 is 2.56 bits per heavy atom. The molecule has 0 saturated carbocycles. The molecule has 0 saturated heterocycles. The van der Waals surface area contributed by atoms with Gasteiger partial charge in [0, 0.05) is 16.7 Å². The maximum absolute atomic E-state index is 12.2. The van der Waals surface area contributed by atoms with Gasteiger partial charge >= 0.3 is 18.1 Å². The van der Waals surface area contributed by atoms with E-state index in [1.165, 1.54) is 6.92 Å². The highest BCUT2D eigenvalue weighted by molar-refractivity contribution is 7.16. The molecule has 43 heavy (non-hydrogen) atoms. The number of hydrogen-bond donors (Lipinski definition) is 2. The van der Waals surface area contributed by atoms with E-state index in [-0.39, 0.29) is 4.88 Å². The van der Waals surface area contributed by atoms with Crippen LogP contribution in [0.2, 0.25) is 5.02 Å². The molecule has 2 aromatic heterocycles. The molecule has 1 unspecified atom stereocenters. The van der Waals surface area contributed by atoms with Crippen LogP contribution in [0.4, 0.5) is 13.2 Å². The van der Waals surface area contributed by atoms with Gasteiger partial charge in [-0.3, -0.25) is 9.36 Å². The maximum Gasteiger partial charge on any atom is 0.495 e. The van der Waals surface area contributed by atoms with E-state index in [2.05, 4.69) is 20.1 Å². The Balaban J connectivity index is 1.41. The minimum Gasteiger partial charge on any atom is -0.484 e. The standard InChI is InChI=1S/C28H26ClF3N4O6S/c1-15(26(38)41-42-27(39)28(30,31)32)34-11-5-6-17-9-10-20-21(12-17)36(14-35-20)23-13-22(24(43-23)25(33)37)40-16(2)18-7-3-4-8-19(18)29/h3-4,7-10,12-16,34H,5-6,11H2,1-2H3,(H2,33,37)/t15?,16-/m1/s1. The third kappa shape index (κ3) is 7.83. The van der Waals surface area contributed by atoms with E-state index >= 15 is 0 Å². The van der Waals surface area contributed by atoms with Gasteiger partial charge in [0.25, 0.3) is 5.91 Å². The summed E-state index contributed by atoms with van der Waals surface area (Å²) in [4.78, 5) is 46.8. The van der Waals surface area contributed by atoms with E-state index in [4.69, 9.17) is 22.1 Å². The van der Waals surface area contributed by atoms with Crippen molar-refractivity contribution in [1.82, 2.24) is 14.9 Å². The zero-order valence-corrected chi connectivity index (χ0v) is 24.4. The second-order valence-corrected chi connectivity index (χ2v) is 10.8. The summed E-state index contributed by atoms with van der Waals surface area (Å²) < 4.78 is 44.4. The number of halogens is 4. The van der Waals surface area contributed by atoms with E-state index < -0.39 is 36.2 Å². The Morgan fingerprint density at radius 1 is 1.12 bits per heavy atom. The fraction of sp³-hybridized carbons (Fsp3) is 0.286. The van der Waals surface area contributed by atoms with E-state index in [0.29, 0.717) is 40.7 Å². The summed E-state index contributed by atoms with van der Waals surface area (Å²) in [5.41, 5.74) is 8.85. The summed E-state index contributed by atoms with van der Waals surface area (Å²) in [6.07, 6.45) is -2.95. The number of imidazole rings is 1. The minimum absolute atomic E-state index is 0.249. The van der Waals surface area contributed by atoms with Crippen molar-refractivity contribution >= 4 is 51.8 Å². The number of carbonyl (C=O) groups is 3. The lowest BCUT2D eigenvalue weighted by molar-refractivity contribution is -0.286. The number of nitrogens with one attached hydrogen (secondary N) is 1. The molecule has 0 aliphatic carbocycles. The third-order valence-electron chi connectivity index (χ3n) is 6.28. The van der Waals surface area contributed by atoms with Crippen molar-refractivity contribution < 1.29 is 42.1 Å². The zero-order valence-electron chi connectivity index (χ0n) is 22.8. The van der Waals surface area contributed by atoms with Crippen molar-refractivity contribution in [2.75, 3.05) is 6.54 Å². The number of amides is 1. The first kappa shape index (κ1) is 31.8. The highest BCUT2D eigenvalue weighted by Gasteiger charge is 2.43. The topological polar surface area (TPSA) is 135 Å². The Labute approximate surface area is 252 Å². The quantitative estimate of drug-likeness (QED) is 0.126. The Hall–Kier alpha value is -4.14. The van der Waals surface area contributed by atoms with Gasteiger partial charge < -0.3 is 15.8 Å². The van der Waals surface area contributed by atoms with Gasteiger partial charge in [-0.25, -0.2) is 24.3 Å². The van der Waals surface area contributed by atoms with Crippen LogP contribution in [0.5, 0.6) is 5.75 Å². The van der Waals surface area contributed by atoms with Crippen LogP contribution >= 0.6 is 22.9 Å². The van der Waals surface area contributed by atoms with Gasteiger partial charge in [0.1, 0.15) is 34.1 Å². The van der Waals surface area contributed by atoms with Crippen molar-refractivity contribution in [3.05, 3.63) is 75.9 Å². The van der Waals surface area contributed by atoms with Gasteiger partial charge in [-0.1, -0.05) is 35.9 Å². The molecule has 0 spiro atoms. The van der Waals surface area contributed by atoms with Crippen LogP contribution in [-0.4, -0.2) is 46.2 Å². The number of aromatic nitrogens is 2. The largest absolute Gasteiger partial charge is 0.495 e. The van der Waals surface area contributed by atoms with Crippen LogP contribution in [0.25, 0.3) is 16.0 Å². The van der Waals surface area contributed by atoms with Gasteiger partial charge in [-0.05, 0) is 57.0 Å². The van der Waals surface area contributed by atoms with Gasteiger partial charge in [0.15, 0.2) is 0 Å². The highest BCUT2D eigenvalue weighted by atomic mass is 35.5. The molecular formula is C28H26ClF3N4O6S. The minimum atomic E-state index is -5.27. The number of fused-ring (bicyclic) bond motifs is 1. The number of rotatable bonds is 11. The molecule has 0 bridgehead atoms. The Kier molecular flexibility index (Phi) is 9.94. The van der Waals surface area contributed by atoms with Gasteiger partial charge in [-0.15, -0.1) is 11.3 Å². The molecule has 2 atom stereocenters. The molecule has 0 fully saturated rings. The fourth-order valence-corrected chi connectivity index (χ4v) is 5.29. The van der Waals surface area contributed by atoms with Crippen LogP contribution in [-0.2, 0) is 25.8 Å². The van der Waals surface area contributed by atoms with Crippen molar-refractivity contribution in [1.29, 1.82) is 0 Å². The number of primary amides is 1. The molecule has 15 heteroatoms. The summed E-state index contributed by atoms with van der Waals surface area (Å²) in [5, 5.41) is 4.01. The lowest BCUT2D eigenvalue weighted by Crippen LogP contribution is -2.37. The van der Waals surface area contributed by atoms with Crippen LogP contribution in [0.1, 0.15) is 47.2 Å². The number of benzene rings is 2. The predicted octanol–water partition coefficient (Wildman–Crippen LogP) is 5.45. The summed E-state index contributed by atoms with van der Waals surface area (Å²) >= 11 is 7.47. The second-order valence-electron chi connectivity index (χ2n) is 9.41. The van der Waals surface area contributed by atoms with E-state index in [1.54, 1.807) is 18.5 Å². The Morgan fingerprint density at radius 2 is 1.86 bits per heavy atom. The molecule has 2 heterocycles. The molecule has 4 rings (SSSR count). The normalized spacial score (nSPS) is 13.0. The molecule has 2 aromatic carbocycles. The molecule has 0 aliphatic heterocycles. The number of thiophene rings is 1. The highest BCUT2D eigenvalue weighted by Crippen LogP contribution is 2.37. The average molecular weight is 639 g/mol. The summed E-state index contributed by atoms with van der Waals surface area (Å²) in [7, 11) is 0. The van der Waals surface area contributed by atoms with Crippen LogP contribution < -0.4 is 15.8 Å². The molecule has 3 N–H and O–H groups in total. The number of ether oxygens (including phenoxy) is 1. The number of nitrogens with two attached hydrogens (primary N) is 1. The SMILES string of the molecule is CC(NCCCc1ccc2ncn(-c3cc(O[C@H](C)c4ccccc4Cl)c(C(N)=O)s3)c2c1)C(=O)OOC(=O)C(F)(F)F. The first-order valence-corrected chi connectivity index (χ1v) is 14.1. The molecule has 4 aromatic rings. The molecular weight excluding hydrogens is 613 g/mol. The van der Waals surface area contributed by atoms with E-state index in [0.717, 1.165) is 28.0 Å². The number of nitrogens with zero attached hydrogens (tertiary/aromatic N) is 2. The van der Waals surface area contributed by atoms with Crippen LogP contribution in [0.3, 0.4) is 0 Å². The van der Waals surface area contributed by atoms with Crippen molar-refractivity contribution in [3.8, 4) is 10.8 Å². The third-order valence-corrected chi connectivity index (χ3v) is 7.76. The van der Waals surface area contributed by atoms with Crippen LogP contribution in [0.15, 0.2) is 54.9 Å². The average Bonchev–Trinajstić information content (AvgIpc) is 3.57. The van der Waals surface area contributed by atoms with Gasteiger partial charge in [0.05, 0.1) is 11.0 Å².